The lowest BCUT2D eigenvalue weighted by Crippen LogP contribution is -1.81. The first-order chi connectivity index (χ1) is 7.38. The molecule has 0 atom stereocenters. The number of hydrogen-bond donors (Lipinski definition) is 0. The van der Waals surface area contributed by atoms with E-state index in [1.807, 2.05) is 48.6 Å². The molecule has 0 spiro atoms. The van der Waals surface area contributed by atoms with Crippen LogP contribution in [0.1, 0.15) is 11.3 Å². The molecular formula is C13H12O2. The van der Waals surface area contributed by atoms with Gasteiger partial charge in [-0.1, -0.05) is 18.2 Å². The SMILES string of the molecule is COc1cccc(/C=C/c2ccco2)c1. The summed E-state index contributed by atoms with van der Waals surface area (Å²) in [5, 5.41) is 0. The van der Waals surface area contributed by atoms with Gasteiger partial charge in [-0.25, -0.2) is 0 Å². The predicted molar refractivity (Wildman–Crippen MR) is 60.6 cm³/mol. The van der Waals surface area contributed by atoms with E-state index in [-0.39, 0.29) is 0 Å². The van der Waals surface area contributed by atoms with Crippen LogP contribution in [0, 0.1) is 0 Å². The topological polar surface area (TPSA) is 22.4 Å². The van der Waals surface area contributed by atoms with E-state index < -0.39 is 0 Å². The minimum Gasteiger partial charge on any atom is -0.497 e. The molecule has 1 aromatic heterocycles. The molecule has 2 rings (SSSR count). The van der Waals surface area contributed by atoms with Crippen LogP contribution in [-0.4, -0.2) is 7.11 Å². The quantitative estimate of drug-likeness (QED) is 0.757. The lowest BCUT2D eigenvalue weighted by Gasteiger charge is -1.99. The predicted octanol–water partition coefficient (Wildman–Crippen LogP) is 3.46. The second-order valence-electron chi connectivity index (χ2n) is 3.13. The van der Waals surface area contributed by atoms with Gasteiger partial charge in [-0.3, -0.25) is 0 Å². The Hall–Kier alpha value is -1.96. The molecule has 1 heterocycles. The molecule has 0 amide bonds. The summed E-state index contributed by atoms with van der Waals surface area (Å²) in [7, 11) is 1.66. The molecule has 0 aliphatic rings. The third kappa shape index (κ3) is 2.50. The molecule has 0 radical (unpaired) electrons. The van der Waals surface area contributed by atoms with Crippen molar-refractivity contribution in [2.75, 3.05) is 7.11 Å². The second kappa shape index (κ2) is 4.51. The van der Waals surface area contributed by atoms with Gasteiger partial charge in [0.15, 0.2) is 0 Å². The average molecular weight is 200 g/mol. The van der Waals surface area contributed by atoms with Crippen LogP contribution in [0.3, 0.4) is 0 Å². The highest BCUT2D eigenvalue weighted by atomic mass is 16.5. The molecule has 0 bridgehead atoms. The Morgan fingerprint density at radius 2 is 2.07 bits per heavy atom. The molecule has 2 nitrogen and oxygen atoms in total. The van der Waals surface area contributed by atoms with E-state index in [0.29, 0.717) is 0 Å². The largest absolute Gasteiger partial charge is 0.497 e. The highest BCUT2D eigenvalue weighted by Crippen LogP contribution is 2.15. The molecule has 2 heteroatoms. The molecule has 0 N–H and O–H groups in total. The number of furan rings is 1. The Morgan fingerprint density at radius 3 is 2.80 bits per heavy atom. The van der Waals surface area contributed by atoms with E-state index in [2.05, 4.69) is 0 Å². The summed E-state index contributed by atoms with van der Waals surface area (Å²) >= 11 is 0. The van der Waals surface area contributed by atoms with Gasteiger partial charge in [0.1, 0.15) is 11.5 Å². The first kappa shape index (κ1) is 9.59. The van der Waals surface area contributed by atoms with Crippen molar-refractivity contribution in [1.82, 2.24) is 0 Å². The molecule has 15 heavy (non-hydrogen) atoms. The fourth-order valence-electron chi connectivity index (χ4n) is 1.31. The van der Waals surface area contributed by atoms with Crippen LogP contribution in [0.25, 0.3) is 12.2 Å². The first-order valence-corrected chi connectivity index (χ1v) is 4.74. The number of rotatable bonds is 3. The number of methoxy groups -OCH3 is 1. The van der Waals surface area contributed by atoms with Gasteiger partial charge < -0.3 is 9.15 Å². The van der Waals surface area contributed by atoms with Crippen molar-refractivity contribution < 1.29 is 9.15 Å². The lowest BCUT2D eigenvalue weighted by atomic mass is 10.2. The van der Waals surface area contributed by atoms with Crippen molar-refractivity contribution in [1.29, 1.82) is 0 Å². The zero-order chi connectivity index (χ0) is 10.5. The smallest absolute Gasteiger partial charge is 0.126 e. The standard InChI is InChI=1S/C13H12O2/c1-14-13-5-2-4-11(10-13)7-8-12-6-3-9-15-12/h2-10H,1H3/b8-7+. The van der Waals surface area contributed by atoms with Crippen LogP contribution in [0.15, 0.2) is 47.1 Å². The highest BCUT2D eigenvalue weighted by molar-refractivity contribution is 5.67. The van der Waals surface area contributed by atoms with Gasteiger partial charge in [-0.2, -0.15) is 0 Å². The maximum absolute atomic E-state index is 5.19. The summed E-state index contributed by atoms with van der Waals surface area (Å²) in [5.41, 5.74) is 1.09. The molecule has 0 saturated heterocycles. The Bertz CT molecular complexity index is 441. The minimum absolute atomic E-state index is 0.845. The van der Waals surface area contributed by atoms with Crippen molar-refractivity contribution in [3.63, 3.8) is 0 Å². The maximum atomic E-state index is 5.19. The lowest BCUT2D eigenvalue weighted by molar-refractivity contribution is 0.414. The van der Waals surface area contributed by atoms with E-state index in [1.54, 1.807) is 13.4 Å². The molecule has 0 unspecified atom stereocenters. The van der Waals surface area contributed by atoms with Gasteiger partial charge in [0.25, 0.3) is 0 Å². The van der Waals surface area contributed by atoms with Crippen molar-refractivity contribution in [2.24, 2.45) is 0 Å². The fraction of sp³-hybridized carbons (Fsp3) is 0.0769. The van der Waals surface area contributed by atoms with Crippen LogP contribution in [0.2, 0.25) is 0 Å². The molecule has 0 saturated carbocycles. The van der Waals surface area contributed by atoms with Crippen LogP contribution in [0.5, 0.6) is 5.75 Å². The molecular weight excluding hydrogens is 188 g/mol. The van der Waals surface area contributed by atoms with Gasteiger partial charge in [-0.15, -0.1) is 0 Å². The van der Waals surface area contributed by atoms with E-state index in [1.165, 1.54) is 0 Å². The van der Waals surface area contributed by atoms with Crippen LogP contribution in [-0.2, 0) is 0 Å². The molecule has 2 aromatic rings. The summed E-state index contributed by atoms with van der Waals surface area (Å²) in [5.74, 6) is 1.70. The molecule has 0 aliphatic heterocycles. The summed E-state index contributed by atoms with van der Waals surface area (Å²) in [6.07, 6.45) is 5.57. The summed E-state index contributed by atoms with van der Waals surface area (Å²) in [6.45, 7) is 0. The van der Waals surface area contributed by atoms with Gasteiger partial charge in [0.2, 0.25) is 0 Å². The van der Waals surface area contributed by atoms with Crippen LogP contribution >= 0.6 is 0 Å². The van der Waals surface area contributed by atoms with E-state index >= 15 is 0 Å². The van der Waals surface area contributed by atoms with Crippen LogP contribution < -0.4 is 4.74 Å². The number of benzene rings is 1. The highest BCUT2D eigenvalue weighted by Gasteiger charge is 1.92. The normalized spacial score (nSPS) is 10.7. The number of hydrogen-bond acceptors (Lipinski definition) is 2. The van der Waals surface area contributed by atoms with Crippen molar-refractivity contribution in [3.8, 4) is 5.75 Å². The monoisotopic (exact) mass is 200 g/mol. The van der Waals surface area contributed by atoms with Crippen molar-refractivity contribution in [2.45, 2.75) is 0 Å². The first-order valence-electron chi connectivity index (χ1n) is 4.74. The zero-order valence-corrected chi connectivity index (χ0v) is 8.51. The van der Waals surface area contributed by atoms with E-state index in [9.17, 15) is 0 Å². The third-order valence-electron chi connectivity index (χ3n) is 2.08. The summed E-state index contributed by atoms with van der Waals surface area (Å²) < 4.78 is 10.3. The van der Waals surface area contributed by atoms with Gasteiger partial charge in [-0.05, 0) is 35.9 Å². The van der Waals surface area contributed by atoms with Crippen molar-refractivity contribution in [3.05, 3.63) is 54.0 Å². The Kier molecular flexibility index (Phi) is 2.88. The Morgan fingerprint density at radius 1 is 1.13 bits per heavy atom. The summed E-state index contributed by atoms with van der Waals surface area (Å²) in [4.78, 5) is 0. The molecule has 76 valence electrons. The van der Waals surface area contributed by atoms with Gasteiger partial charge in [0, 0.05) is 0 Å². The van der Waals surface area contributed by atoms with Crippen molar-refractivity contribution >= 4 is 12.2 Å². The van der Waals surface area contributed by atoms with E-state index in [0.717, 1.165) is 17.1 Å². The number of ether oxygens (including phenoxy) is 1. The Labute approximate surface area is 88.8 Å². The molecule has 0 fully saturated rings. The van der Waals surface area contributed by atoms with Crippen LogP contribution in [0.4, 0.5) is 0 Å². The maximum Gasteiger partial charge on any atom is 0.126 e. The minimum atomic E-state index is 0.845. The average Bonchev–Trinajstić information content (AvgIpc) is 2.79. The van der Waals surface area contributed by atoms with Gasteiger partial charge in [0.05, 0.1) is 13.4 Å². The molecule has 0 aliphatic carbocycles. The van der Waals surface area contributed by atoms with Gasteiger partial charge >= 0.3 is 0 Å². The fourth-order valence-corrected chi connectivity index (χ4v) is 1.31. The molecule has 1 aromatic carbocycles. The zero-order valence-electron chi connectivity index (χ0n) is 8.51. The summed E-state index contributed by atoms with van der Waals surface area (Å²) in [6, 6.07) is 11.6. The Balaban J connectivity index is 2.17. The second-order valence-corrected chi connectivity index (χ2v) is 3.13. The van der Waals surface area contributed by atoms with E-state index in [4.69, 9.17) is 9.15 Å². The third-order valence-corrected chi connectivity index (χ3v) is 2.08.